The maximum absolute atomic E-state index is 13.8. The van der Waals surface area contributed by atoms with Crippen molar-refractivity contribution in [2.75, 3.05) is 13.7 Å². The first kappa shape index (κ1) is 25.7. The van der Waals surface area contributed by atoms with Crippen molar-refractivity contribution >= 4 is 23.0 Å². The molecule has 0 saturated carbocycles. The van der Waals surface area contributed by atoms with Gasteiger partial charge in [0.1, 0.15) is 11.6 Å². The second kappa shape index (κ2) is 12.0. The molecule has 1 aliphatic rings. The standard InChI is InChI=1S/C27H29F2N3O4/c1-35-26-11-9-23-27(32-26)17(12-14-30-23)2-5-20-6-8-22(24(36-20)13-15-33)31-25(34)10-3-18-16-19(28)4-7-21(18)29/h3-4,7,9-12,14,16,20,22,24,33H,2,5-6,8,13,15H2,1H3,(H,31,34)/b10-3+/t20-,22-,24-/m1/s1. The molecule has 1 aliphatic heterocycles. The van der Waals surface area contributed by atoms with Gasteiger partial charge in [-0.25, -0.2) is 13.8 Å². The minimum Gasteiger partial charge on any atom is -0.481 e. The molecule has 0 radical (unpaired) electrons. The van der Waals surface area contributed by atoms with E-state index in [4.69, 9.17) is 9.47 Å². The van der Waals surface area contributed by atoms with E-state index in [2.05, 4.69) is 15.3 Å². The monoisotopic (exact) mass is 497 g/mol. The molecule has 7 nitrogen and oxygen atoms in total. The molecule has 9 heteroatoms. The summed E-state index contributed by atoms with van der Waals surface area (Å²) in [5.41, 5.74) is 2.63. The molecule has 1 amide bonds. The topological polar surface area (TPSA) is 93.6 Å². The van der Waals surface area contributed by atoms with Crippen LogP contribution in [0.4, 0.5) is 8.78 Å². The number of fused-ring (bicyclic) bond motifs is 1. The number of nitrogens with one attached hydrogen (secondary N) is 1. The number of ether oxygens (including phenoxy) is 2. The molecule has 2 N–H and O–H groups in total. The Kier molecular flexibility index (Phi) is 8.56. The van der Waals surface area contributed by atoms with Crippen LogP contribution in [0.5, 0.6) is 5.88 Å². The van der Waals surface area contributed by atoms with Crippen LogP contribution in [0.25, 0.3) is 17.1 Å². The molecule has 190 valence electrons. The van der Waals surface area contributed by atoms with Gasteiger partial charge in [-0.05, 0) is 74.1 Å². The number of carbonyl (C=O) groups excluding carboxylic acids is 1. The lowest BCUT2D eigenvalue weighted by atomic mass is 9.93. The molecular weight excluding hydrogens is 468 g/mol. The highest BCUT2D eigenvalue weighted by atomic mass is 19.1. The van der Waals surface area contributed by atoms with Gasteiger partial charge in [-0.2, -0.15) is 0 Å². The summed E-state index contributed by atoms with van der Waals surface area (Å²) < 4.78 is 38.6. The Bertz CT molecular complexity index is 1240. The number of pyridine rings is 2. The molecule has 0 bridgehead atoms. The van der Waals surface area contributed by atoms with Crippen molar-refractivity contribution in [3.8, 4) is 5.88 Å². The Morgan fingerprint density at radius 1 is 1.22 bits per heavy atom. The summed E-state index contributed by atoms with van der Waals surface area (Å²) in [6, 6.07) is 8.37. The summed E-state index contributed by atoms with van der Waals surface area (Å²) in [5, 5.41) is 12.4. The third kappa shape index (κ3) is 6.41. The van der Waals surface area contributed by atoms with E-state index in [0.29, 0.717) is 18.7 Å². The first-order valence-corrected chi connectivity index (χ1v) is 12.0. The molecule has 3 heterocycles. The van der Waals surface area contributed by atoms with E-state index in [9.17, 15) is 18.7 Å². The van der Waals surface area contributed by atoms with Crippen LogP contribution in [0, 0.1) is 11.6 Å². The second-order valence-electron chi connectivity index (χ2n) is 8.73. The number of carbonyl (C=O) groups is 1. The number of hydrogen-bond acceptors (Lipinski definition) is 6. The minimum absolute atomic E-state index is 0.00670. The van der Waals surface area contributed by atoms with Gasteiger partial charge in [0.05, 0.1) is 36.4 Å². The lowest BCUT2D eigenvalue weighted by Gasteiger charge is -2.37. The predicted molar refractivity (Wildman–Crippen MR) is 131 cm³/mol. The van der Waals surface area contributed by atoms with Crippen molar-refractivity contribution < 1.29 is 28.2 Å². The first-order valence-electron chi connectivity index (χ1n) is 12.0. The molecule has 0 unspecified atom stereocenters. The van der Waals surface area contributed by atoms with E-state index in [1.807, 2.05) is 12.1 Å². The Hall–Kier alpha value is -3.43. The molecule has 2 aromatic heterocycles. The van der Waals surface area contributed by atoms with Gasteiger partial charge in [0, 0.05) is 30.5 Å². The summed E-state index contributed by atoms with van der Waals surface area (Å²) in [6.45, 7) is -0.0766. The van der Waals surface area contributed by atoms with Crippen LogP contribution >= 0.6 is 0 Å². The number of aliphatic hydroxyl groups excluding tert-OH is 1. The maximum atomic E-state index is 13.8. The largest absolute Gasteiger partial charge is 0.481 e. The van der Waals surface area contributed by atoms with Crippen molar-refractivity contribution in [3.63, 3.8) is 0 Å². The Balaban J connectivity index is 1.36. The van der Waals surface area contributed by atoms with E-state index >= 15 is 0 Å². The van der Waals surface area contributed by atoms with Crippen molar-refractivity contribution in [2.24, 2.45) is 0 Å². The van der Waals surface area contributed by atoms with Gasteiger partial charge in [0.2, 0.25) is 11.8 Å². The highest BCUT2D eigenvalue weighted by molar-refractivity contribution is 5.92. The number of aryl methyl sites for hydroxylation is 1. The zero-order chi connectivity index (χ0) is 25.5. The average molecular weight is 498 g/mol. The lowest BCUT2D eigenvalue weighted by molar-refractivity contribution is -0.122. The van der Waals surface area contributed by atoms with E-state index in [0.717, 1.165) is 54.1 Å². The van der Waals surface area contributed by atoms with Crippen LogP contribution in [-0.2, 0) is 16.0 Å². The maximum Gasteiger partial charge on any atom is 0.244 e. The number of halogens is 2. The predicted octanol–water partition coefficient (Wildman–Crippen LogP) is 3.98. The molecule has 0 aliphatic carbocycles. The van der Waals surface area contributed by atoms with Gasteiger partial charge in [-0.15, -0.1) is 0 Å². The third-order valence-corrected chi connectivity index (χ3v) is 6.32. The Labute approximate surface area is 208 Å². The number of methoxy groups -OCH3 is 1. The lowest BCUT2D eigenvalue weighted by Crippen LogP contribution is -2.49. The van der Waals surface area contributed by atoms with E-state index in [1.165, 1.54) is 12.2 Å². The molecular formula is C27H29F2N3O4. The van der Waals surface area contributed by atoms with Gasteiger partial charge >= 0.3 is 0 Å². The highest BCUT2D eigenvalue weighted by Gasteiger charge is 2.31. The summed E-state index contributed by atoms with van der Waals surface area (Å²) in [7, 11) is 1.58. The van der Waals surface area contributed by atoms with Gasteiger partial charge in [0.25, 0.3) is 0 Å². The normalized spacial score (nSPS) is 20.1. The Morgan fingerprint density at radius 3 is 2.89 bits per heavy atom. The van der Waals surface area contributed by atoms with Crippen molar-refractivity contribution in [1.29, 1.82) is 0 Å². The summed E-state index contributed by atoms with van der Waals surface area (Å²) in [6.07, 6.45) is 7.04. The van der Waals surface area contributed by atoms with Gasteiger partial charge < -0.3 is 19.9 Å². The Morgan fingerprint density at radius 2 is 2.08 bits per heavy atom. The summed E-state index contributed by atoms with van der Waals surface area (Å²) >= 11 is 0. The molecule has 1 aromatic carbocycles. The van der Waals surface area contributed by atoms with Crippen molar-refractivity contribution in [2.45, 2.75) is 50.4 Å². The number of aliphatic hydroxyl groups is 1. The SMILES string of the molecule is COc1ccc2nccc(CC[C@@H]3CC[C@@H](NC(=O)/C=C/c4cc(F)ccc4F)[C@@H](CCO)O3)c2n1. The average Bonchev–Trinajstić information content (AvgIpc) is 2.89. The zero-order valence-electron chi connectivity index (χ0n) is 20.0. The van der Waals surface area contributed by atoms with Crippen LogP contribution < -0.4 is 10.1 Å². The van der Waals surface area contributed by atoms with Crippen LogP contribution in [0.3, 0.4) is 0 Å². The van der Waals surface area contributed by atoms with Crippen LogP contribution in [0.2, 0.25) is 0 Å². The van der Waals surface area contributed by atoms with Crippen LogP contribution in [0.15, 0.2) is 48.7 Å². The van der Waals surface area contributed by atoms with E-state index in [1.54, 1.807) is 19.4 Å². The number of hydrogen-bond donors (Lipinski definition) is 2. The molecule has 4 rings (SSSR count). The third-order valence-electron chi connectivity index (χ3n) is 6.32. The summed E-state index contributed by atoms with van der Waals surface area (Å²) in [4.78, 5) is 21.4. The van der Waals surface area contributed by atoms with E-state index in [-0.39, 0.29) is 30.4 Å². The highest BCUT2D eigenvalue weighted by Crippen LogP contribution is 2.27. The minimum atomic E-state index is -0.613. The van der Waals surface area contributed by atoms with Gasteiger partial charge in [-0.1, -0.05) is 0 Å². The number of amides is 1. The summed E-state index contributed by atoms with van der Waals surface area (Å²) in [5.74, 6) is -1.10. The molecule has 1 fully saturated rings. The fourth-order valence-corrected chi connectivity index (χ4v) is 4.47. The van der Waals surface area contributed by atoms with E-state index < -0.39 is 17.5 Å². The number of rotatable bonds is 9. The fourth-order valence-electron chi connectivity index (χ4n) is 4.47. The second-order valence-corrected chi connectivity index (χ2v) is 8.73. The zero-order valence-corrected chi connectivity index (χ0v) is 20.0. The number of benzene rings is 1. The number of nitrogens with zero attached hydrogens (tertiary/aromatic N) is 2. The van der Waals surface area contributed by atoms with Crippen molar-refractivity contribution in [3.05, 3.63) is 71.4 Å². The molecule has 0 spiro atoms. The van der Waals surface area contributed by atoms with Gasteiger partial charge in [0.15, 0.2) is 0 Å². The molecule has 1 saturated heterocycles. The van der Waals surface area contributed by atoms with Crippen molar-refractivity contribution in [1.82, 2.24) is 15.3 Å². The van der Waals surface area contributed by atoms with Crippen LogP contribution in [-0.4, -0.2) is 52.9 Å². The molecule has 3 atom stereocenters. The van der Waals surface area contributed by atoms with Crippen LogP contribution in [0.1, 0.15) is 36.8 Å². The first-order chi connectivity index (χ1) is 17.5. The molecule has 36 heavy (non-hydrogen) atoms. The quantitative estimate of drug-likeness (QED) is 0.435. The van der Waals surface area contributed by atoms with Gasteiger partial charge in [-0.3, -0.25) is 9.78 Å². The number of aromatic nitrogens is 2. The fraction of sp³-hybridized carbons (Fsp3) is 0.370. The smallest absolute Gasteiger partial charge is 0.244 e. The molecule has 3 aromatic rings.